The summed E-state index contributed by atoms with van der Waals surface area (Å²) in [4.78, 5) is 24.0. The fraction of sp³-hybridized carbons (Fsp3) is 0.385. The van der Waals surface area contributed by atoms with E-state index in [1.54, 1.807) is 0 Å². The maximum Gasteiger partial charge on any atom is 0.417 e. The maximum atomic E-state index is 14.9. The van der Waals surface area contributed by atoms with Crippen LogP contribution in [0.3, 0.4) is 0 Å². The highest BCUT2D eigenvalue weighted by Gasteiger charge is 2.41. The molecule has 0 spiro atoms. The number of halogens is 11. The number of carbonyl (C=O) groups is 2. The summed E-state index contributed by atoms with van der Waals surface area (Å²) >= 11 is 5.82. The Morgan fingerprint density at radius 3 is 2.05 bits per heavy atom. The highest BCUT2D eigenvalue weighted by atomic mass is 35.5. The zero-order valence-corrected chi connectivity index (χ0v) is 21.0. The van der Waals surface area contributed by atoms with Gasteiger partial charge in [0, 0.05) is 29.0 Å². The second kappa shape index (κ2) is 12.1. The Labute approximate surface area is 221 Å². The van der Waals surface area contributed by atoms with Crippen LogP contribution in [-0.2, 0) is 11.0 Å². The summed E-state index contributed by atoms with van der Waals surface area (Å²) < 4.78 is 134. The van der Waals surface area contributed by atoms with Crippen LogP contribution in [0, 0.1) is 12.8 Å². The molecule has 2 nitrogen and oxygen atoms in total. The number of ketones is 2. The lowest BCUT2D eigenvalue weighted by Gasteiger charge is -2.19. The van der Waals surface area contributed by atoms with E-state index in [1.807, 2.05) is 0 Å². The molecule has 0 heterocycles. The molecule has 2 aromatic carbocycles. The van der Waals surface area contributed by atoms with Crippen LogP contribution in [0.25, 0.3) is 5.83 Å². The smallest absolute Gasteiger partial charge is 0.299 e. The third kappa shape index (κ3) is 9.36. The van der Waals surface area contributed by atoms with E-state index in [4.69, 9.17) is 11.6 Å². The maximum absolute atomic E-state index is 14.9. The summed E-state index contributed by atoms with van der Waals surface area (Å²) in [5.74, 6) is -7.65. The number of benzene rings is 2. The van der Waals surface area contributed by atoms with Crippen molar-refractivity contribution in [3.05, 3.63) is 75.3 Å². The monoisotopic (exact) mass is 590 g/mol. The zero-order chi connectivity index (χ0) is 29.9. The Bertz CT molecular complexity index is 1240. The van der Waals surface area contributed by atoms with Crippen molar-refractivity contribution in [2.24, 2.45) is 5.92 Å². The van der Waals surface area contributed by atoms with Gasteiger partial charge in [0.25, 0.3) is 0 Å². The summed E-state index contributed by atoms with van der Waals surface area (Å²) in [6.07, 6.45) is -18.1. The van der Waals surface area contributed by atoms with Gasteiger partial charge in [0.2, 0.25) is 0 Å². The molecule has 0 bridgehead atoms. The van der Waals surface area contributed by atoms with Crippen LogP contribution in [0.1, 0.15) is 64.7 Å². The molecule has 0 aliphatic rings. The van der Waals surface area contributed by atoms with E-state index in [0.717, 1.165) is 18.2 Å². The average Bonchev–Trinajstić information content (AvgIpc) is 2.76. The van der Waals surface area contributed by atoms with Gasteiger partial charge in [-0.25, -0.2) is 4.39 Å². The summed E-state index contributed by atoms with van der Waals surface area (Å²) in [7, 11) is 0. The quantitative estimate of drug-likeness (QED) is 0.215. The standard InChI is InChI=1S/C26H21ClF10O2/c1-13(7-17(38)12-24(29,30)31)8-23(39)18-5-3-16(10-20(18)26(35,36)37)22(28)11-19(25(32,33)34)15-4-6-21(27)14(2)9-15/h3-6,9-11,13,19H,7-8,12H2,1-2H3/b22-11-/t13-,19?/m1/s1. The van der Waals surface area contributed by atoms with Crippen LogP contribution in [0.15, 0.2) is 42.5 Å². The number of Topliss-reactive ketones (excluding diaryl/α,β-unsaturated/α-hetero) is 2. The van der Waals surface area contributed by atoms with E-state index in [0.29, 0.717) is 12.1 Å². The predicted octanol–water partition coefficient (Wildman–Crippen LogP) is 9.44. The SMILES string of the molecule is Cc1cc(C(/C=C(\F)c2ccc(C(=O)C[C@H](C)CC(=O)CC(F)(F)F)c(C(F)(F)F)c2)C(F)(F)F)ccc1Cl. The molecule has 1 unspecified atom stereocenters. The van der Waals surface area contributed by atoms with E-state index in [2.05, 4.69) is 0 Å². The molecule has 2 rings (SSSR count). The molecule has 39 heavy (non-hydrogen) atoms. The molecule has 13 heteroatoms. The minimum atomic E-state index is -5.23. The average molecular weight is 591 g/mol. The van der Waals surface area contributed by atoms with Gasteiger partial charge in [-0.05, 0) is 42.2 Å². The lowest BCUT2D eigenvalue weighted by molar-refractivity contribution is -0.152. The molecule has 0 saturated heterocycles. The van der Waals surface area contributed by atoms with Crippen molar-refractivity contribution in [1.29, 1.82) is 0 Å². The van der Waals surface area contributed by atoms with Crippen LogP contribution in [0.2, 0.25) is 5.02 Å². The van der Waals surface area contributed by atoms with Gasteiger partial charge in [0.15, 0.2) is 5.78 Å². The summed E-state index contributed by atoms with van der Waals surface area (Å²) in [5, 5.41) is 0.151. The second-order valence-electron chi connectivity index (χ2n) is 9.07. The molecule has 0 aromatic heterocycles. The van der Waals surface area contributed by atoms with Gasteiger partial charge in [-0.3, -0.25) is 9.59 Å². The van der Waals surface area contributed by atoms with Crippen LogP contribution in [-0.4, -0.2) is 23.9 Å². The first-order chi connectivity index (χ1) is 17.7. The lowest BCUT2D eigenvalue weighted by atomic mass is 9.91. The molecule has 0 radical (unpaired) electrons. The van der Waals surface area contributed by atoms with Gasteiger partial charge >= 0.3 is 18.5 Å². The van der Waals surface area contributed by atoms with Crippen molar-refractivity contribution in [2.45, 2.75) is 57.6 Å². The van der Waals surface area contributed by atoms with Crippen molar-refractivity contribution in [3.63, 3.8) is 0 Å². The van der Waals surface area contributed by atoms with Crippen LogP contribution < -0.4 is 0 Å². The Morgan fingerprint density at radius 2 is 1.54 bits per heavy atom. The van der Waals surface area contributed by atoms with E-state index < -0.39 is 89.3 Å². The van der Waals surface area contributed by atoms with Crippen LogP contribution >= 0.6 is 11.6 Å². The van der Waals surface area contributed by atoms with Gasteiger partial charge in [-0.1, -0.05) is 42.8 Å². The third-order valence-corrected chi connectivity index (χ3v) is 6.04. The van der Waals surface area contributed by atoms with Crippen LogP contribution in [0.5, 0.6) is 0 Å². The molecule has 0 aliphatic heterocycles. The van der Waals surface area contributed by atoms with Crippen LogP contribution in [0.4, 0.5) is 43.9 Å². The highest BCUT2D eigenvalue weighted by molar-refractivity contribution is 6.31. The molecular formula is C26H21ClF10O2. The van der Waals surface area contributed by atoms with Crippen molar-refractivity contribution >= 4 is 29.0 Å². The van der Waals surface area contributed by atoms with Gasteiger partial charge in [0.1, 0.15) is 23.9 Å². The van der Waals surface area contributed by atoms with E-state index in [9.17, 15) is 53.5 Å². The third-order valence-electron chi connectivity index (χ3n) is 5.62. The van der Waals surface area contributed by atoms with E-state index in [1.165, 1.54) is 13.8 Å². The lowest BCUT2D eigenvalue weighted by Crippen LogP contribution is -2.20. The van der Waals surface area contributed by atoms with E-state index >= 15 is 0 Å². The topological polar surface area (TPSA) is 34.1 Å². The van der Waals surface area contributed by atoms with Crippen molar-refractivity contribution in [2.75, 3.05) is 0 Å². The highest BCUT2D eigenvalue weighted by Crippen LogP contribution is 2.40. The predicted molar refractivity (Wildman–Crippen MR) is 124 cm³/mol. The normalized spacial score (nSPS) is 14.7. The number of alkyl halides is 9. The second-order valence-corrected chi connectivity index (χ2v) is 9.48. The first-order valence-corrected chi connectivity index (χ1v) is 11.6. The number of rotatable bonds is 9. The fourth-order valence-electron chi connectivity index (χ4n) is 3.84. The fourth-order valence-corrected chi connectivity index (χ4v) is 3.95. The Hall–Kier alpha value is -2.89. The molecule has 0 amide bonds. The molecule has 0 aliphatic carbocycles. The van der Waals surface area contributed by atoms with Gasteiger partial charge in [-0.15, -0.1) is 0 Å². The molecule has 2 aromatic rings. The molecule has 214 valence electrons. The summed E-state index contributed by atoms with van der Waals surface area (Å²) in [6.45, 7) is 2.61. The van der Waals surface area contributed by atoms with E-state index in [-0.39, 0.29) is 22.7 Å². The van der Waals surface area contributed by atoms with Crippen molar-refractivity contribution < 1.29 is 53.5 Å². The summed E-state index contributed by atoms with van der Waals surface area (Å²) in [5.41, 5.74) is -3.64. The number of carbonyl (C=O) groups excluding carboxylic acids is 2. The molecule has 0 saturated carbocycles. The summed E-state index contributed by atoms with van der Waals surface area (Å²) in [6, 6.07) is 4.67. The van der Waals surface area contributed by atoms with Gasteiger partial charge in [0.05, 0.1) is 5.56 Å². The van der Waals surface area contributed by atoms with Gasteiger partial charge < -0.3 is 0 Å². The largest absolute Gasteiger partial charge is 0.417 e. The Morgan fingerprint density at radius 1 is 0.923 bits per heavy atom. The minimum absolute atomic E-state index is 0.105. The number of allylic oxidation sites excluding steroid dienone is 1. The number of hydrogen-bond donors (Lipinski definition) is 0. The van der Waals surface area contributed by atoms with Crippen molar-refractivity contribution in [3.8, 4) is 0 Å². The molecule has 2 atom stereocenters. The number of hydrogen-bond acceptors (Lipinski definition) is 2. The zero-order valence-electron chi connectivity index (χ0n) is 20.3. The van der Waals surface area contributed by atoms with Crippen molar-refractivity contribution in [1.82, 2.24) is 0 Å². The Kier molecular flexibility index (Phi) is 10.0. The molecule has 0 N–H and O–H groups in total. The van der Waals surface area contributed by atoms with Gasteiger partial charge in [-0.2, -0.15) is 39.5 Å². The first-order valence-electron chi connectivity index (χ1n) is 11.2. The number of aryl methyl sites for hydroxylation is 1. The first kappa shape index (κ1) is 32.3. The minimum Gasteiger partial charge on any atom is -0.299 e. The molecular weight excluding hydrogens is 570 g/mol. The molecule has 0 fully saturated rings. The Balaban J connectivity index is 2.40.